The fourth-order valence-electron chi connectivity index (χ4n) is 3.14. The van der Waals surface area contributed by atoms with Crippen LogP contribution in [0.25, 0.3) is 0 Å². The van der Waals surface area contributed by atoms with E-state index in [1.54, 1.807) is 24.0 Å². The molecule has 1 unspecified atom stereocenters. The highest BCUT2D eigenvalue weighted by atomic mass is 19.1. The third kappa shape index (κ3) is 3.41. The Morgan fingerprint density at radius 2 is 1.79 bits per heavy atom. The van der Waals surface area contributed by atoms with Gasteiger partial charge in [-0.2, -0.15) is 0 Å². The zero-order valence-electron chi connectivity index (χ0n) is 13.7. The second-order valence-electron chi connectivity index (χ2n) is 6.03. The Hall–Kier alpha value is -2.40. The molecule has 0 bridgehead atoms. The number of halogens is 1. The topological polar surface area (TPSA) is 43.8 Å². The van der Waals surface area contributed by atoms with Crippen molar-refractivity contribution in [3.05, 3.63) is 59.9 Å². The number of anilines is 2. The van der Waals surface area contributed by atoms with E-state index in [2.05, 4.69) is 4.90 Å². The van der Waals surface area contributed by atoms with Crippen molar-refractivity contribution in [3.63, 3.8) is 0 Å². The monoisotopic (exact) mass is 328 g/mol. The van der Waals surface area contributed by atoms with Crippen LogP contribution in [0.15, 0.2) is 48.5 Å². The molecule has 0 saturated heterocycles. The van der Waals surface area contributed by atoms with Crippen molar-refractivity contribution in [1.82, 2.24) is 0 Å². The molecule has 0 fully saturated rings. The summed E-state index contributed by atoms with van der Waals surface area (Å²) in [7, 11) is 0. The maximum absolute atomic E-state index is 13.0. The number of para-hydroxylation sites is 2. The first-order valence-corrected chi connectivity index (χ1v) is 8.12. The number of aliphatic hydroxyl groups excluding tert-OH is 1. The fourth-order valence-corrected chi connectivity index (χ4v) is 3.14. The van der Waals surface area contributed by atoms with Gasteiger partial charge in [0, 0.05) is 26.6 Å². The molecular weight excluding hydrogens is 307 g/mol. The van der Waals surface area contributed by atoms with Gasteiger partial charge in [-0.05, 0) is 36.2 Å². The van der Waals surface area contributed by atoms with E-state index in [0.29, 0.717) is 18.7 Å². The molecule has 0 radical (unpaired) electrons. The minimum atomic E-state index is -0.720. The molecule has 0 spiro atoms. The third-order valence-electron chi connectivity index (χ3n) is 4.35. The summed E-state index contributed by atoms with van der Waals surface area (Å²) in [4.78, 5) is 15.8. The minimum Gasteiger partial charge on any atom is -0.387 e. The number of amides is 1. The predicted molar refractivity (Wildman–Crippen MR) is 92.7 cm³/mol. The smallest absolute Gasteiger partial charge is 0.223 e. The van der Waals surface area contributed by atoms with E-state index in [9.17, 15) is 14.3 Å². The summed E-state index contributed by atoms with van der Waals surface area (Å²) >= 11 is 0. The molecule has 4 nitrogen and oxygen atoms in total. The molecule has 1 aliphatic heterocycles. The van der Waals surface area contributed by atoms with E-state index >= 15 is 0 Å². The van der Waals surface area contributed by atoms with Crippen molar-refractivity contribution in [1.29, 1.82) is 0 Å². The second kappa shape index (κ2) is 7.01. The van der Waals surface area contributed by atoms with Crippen LogP contribution in [0.1, 0.15) is 25.0 Å². The average molecular weight is 328 g/mol. The van der Waals surface area contributed by atoms with Gasteiger partial charge in [-0.3, -0.25) is 4.79 Å². The van der Waals surface area contributed by atoms with Crippen LogP contribution in [0.4, 0.5) is 15.8 Å². The van der Waals surface area contributed by atoms with E-state index in [1.807, 2.05) is 24.3 Å². The van der Waals surface area contributed by atoms with Crippen LogP contribution >= 0.6 is 0 Å². The van der Waals surface area contributed by atoms with E-state index in [-0.39, 0.29) is 11.7 Å². The van der Waals surface area contributed by atoms with Crippen molar-refractivity contribution in [3.8, 4) is 0 Å². The largest absolute Gasteiger partial charge is 0.387 e. The molecule has 2 aromatic carbocycles. The lowest BCUT2D eigenvalue weighted by Gasteiger charge is -2.28. The van der Waals surface area contributed by atoms with Gasteiger partial charge in [0.2, 0.25) is 5.91 Å². The lowest BCUT2D eigenvalue weighted by molar-refractivity contribution is -0.116. The molecular formula is C19H21FN2O2. The molecule has 1 N–H and O–H groups in total. The molecule has 0 saturated carbocycles. The Bertz CT molecular complexity index is 718. The molecule has 1 amide bonds. The SMILES string of the molecule is CC(=O)N1CCCN(CC(O)c2ccc(F)cc2)c2ccccc21. The maximum Gasteiger partial charge on any atom is 0.223 e. The summed E-state index contributed by atoms with van der Waals surface area (Å²) in [5.41, 5.74) is 2.49. The first-order chi connectivity index (χ1) is 11.6. The summed E-state index contributed by atoms with van der Waals surface area (Å²) in [6.07, 6.45) is 0.104. The maximum atomic E-state index is 13.0. The van der Waals surface area contributed by atoms with Gasteiger partial charge in [-0.25, -0.2) is 4.39 Å². The van der Waals surface area contributed by atoms with Crippen LogP contribution in [-0.4, -0.2) is 30.6 Å². The summed E-state index contributed by atoms with van der Waals surface area (Å²) in [6, 6.07) is 13.7. The Balaban J connectivity index is 1.86. The molecule has 1 atom stereocenters. The molecule has 2 aromatic rings. The zero-order chi connectivity index (χ0) is 17.1. The Labute approximate surface area is 141 Å². The third-order valence-corrected chi connectivity index (χ3v) is 4.35. The number of hydrogen-bond donors (Lipinski definition) is 1. The quantitative estimate of drug-likeness (QED) is 0.941. The number of hydrogen-bond acceptors (Lipinski definition) is 3. The molecule has 1 heterocycles. The van der Waals surface area contributed by atoms with Crippen LogP contribution in [-0.2, 0) is 4.79 Å². The van der Waals surface area contributed by atoms with Crippen molar-refractivity contribution in [2.45, 2.75) is 19.4 Å². The first kappa shape index (κ1) is 16.5. The molecule has 5 heteroatoms. The van der Waals surface area contributed by atoms with Gasteiger partial charge in [0.25, 0.3) is 0 Å². The van der Waals surface area contributed by atoms with E-state index in [0.717, 1.165) is 24.3 Å². The van der Waals surface area contributed by atoms with Gasteiger partial charge in [0.05, 0.1) is 17.5 Å². The summed E-state index contributed by atoms with van der Waals surface area (Å²) in [5, 5.41) is 10.5. The van der Waals surface area contributed by atoms with E-state index in [4.69, 9.17) is 0 Å². The number of β-amino-alcohol motifs (C(OH)–C–C–N with tert-alkyl or cyclic N) is 1. The number of benzene rings is 2. The molecule has 1 aliphatic rings. The Morgan fingerprint density at radius 1 is 1.12 bits per heavy atom. The van der Waals surface area contributed by atoms with E-state index < -0.39 is 6.10 Å². The van der Waals surface area contributed by atoms with Crippen molar-refractivity contribution >= 4 is 17.3 Å². The van der Waals surface area contributed by atoms with Crippen molar-refractivity contribution in [2.75, 3.05) is 29.4 Å². The highest BCUT2D eigenvalue weighted by molar-refractivity contribution is 5.95. The second-order valence-corrected chi connectivity index (χ2v) is 6.03. The normalized spacial score (nSPS) is 15.6. The van der Waals surface area contributed by atoms with Gasteiger partial charge in [-0.15, -0.1) is 0 Å². The number of rotatable bonds is 3. The van der Waals surface area contributed by atoms with Crippen LogP contribution in [0, 0.1) is 5.82 Å². The van der Waals surface area contributed by atoms with Crippen LogP contribution < -0.4 is 9.80 Å². The number of aliphatic hydroxyl groups is 1. The highest BCUT2D eigenvalue weighted by Crippen LogP contribution is 2.33. The number of fused-ring (bicyclic) bond motifs is 1. The minimum absolute atomic E-state index is 0.0170. The van der Waals surface area contributed by atoms with Crippen LogP contribution in [0.3, 0.4) is 0 Å². The number of carbonyl (C=O) groups is 1. The fraction of sp³-hybridized carbons (Fsp3) is 0.316. The van der Waals surface area contributed by atoms with Gasteiger partial charge in [-0.1, -0.05) is 24.3 Å². The van der Waals surface area contributed by atoms with E-state index in [1.165, 1.54) is 12.1 Å². The lowest BCUT2D eigenvalue weighted by Crippen LogP contribution is -2.29. The predicted octanol–water partition coefficient (Wildman–Crippen LogP) is 3.12. The summed E-state index contributed by atoms with van der Waals surface area (Å²) < 4.78 is 13.0. The summed E-state index contributed by atoms with van der Waals surface area (Å²) in [5.74, 6) is -0.299. The van der Waals surface area contributed by atoms with Gasteiger partial charge < -0.3 is 14.9 Å². The standard InChI is InChI=1S/C19H21FN2O2/c1-14(23)22-12-4-11-21(17-5-2-3-6-18(17)22)13-19(24)15-7-9-16(20)10-8-15/h2-3,5-10,19,24H,4,11-13H2,1H3. The van der Waals surface area contributed by atoms with Crippen LogP contribution in [0.5, 0.6) is 0 Å². The highest BCUT2D eigenvalue weighted by Gasteiger charge is 2.24. The molecule has 0 aromatic heterocycles. The Kier molecular flexibility index (Phi) is 4.81. The van der Waals surface area contributed by atoms with Crippen molar-refractivity contribution < 1.29 is 14.3 Å². The molecule has 0 aliphatic carbocycles. The average Bonchev–Trinajstić information content (AvgIpc) is 2.75. The lowest BCUT2D eigenvalue weighted by atomic mass is 10.1. The molecule has 126 valence electrons. The van der Waals surface area contributed by atoms with Crippen LogP contribution in [0.2, 0.25) is 0 Å². The molecule has 24 heavy (non-hydrogen) atoms. The zero-order valence-corrected chi connectivity index (χ0v) is 13.7. The summed E-state index contributed by atoms with van der Waals surface area (Å²) in [6.45, 7) is 3.38. The van der Waals surface area contributed by atoms with Gasteiger partial charge in [0.15, 0.2) is 0 Å². The molecule has 3 rings (SSSR count). The van der Waals surface area contributed by atoms with Gasteiger partial charge in [0.1, 0.15) is 5.82 Å². The van der Waals surface area contributed by atoms with Crippen molar-refractivity contribution in [2.24, 2.45) is 0 Å². The Morgan fingerprint density at radius 3 is 2.46 bits per heavy atom. The van der Waals surface area contributed by atoms with Gasteiger partial charge >= 0.3 is 0 Å². The first-order valence-electron chi connectivity index (χ1n) is 8.12. The number of nitrogens with zero attached hydrogens (tertiary/aromatic N) is 2. The number of carbonyl (C=O) groups excluding carboxylic acids is 1.